The van der Waals surface area contributed by atoms with Gasteiger partial charge in [-0.1, -0.05) is 20.8 Å². The topological polar surface area (TPSA) is 212 Å². The van der Waals surface area contributed by atoms with Gasteiger partial charge in [0.15, 0.2) is 6.10 Å². The molecule has 7 N–H and O–H groups in total. The van der Waals surface area contributed by atoms with Crippen molar-refractivity contribution in [1.82, 2.24) is 5.32 Å². The minimum atomic E-state index is -2.13. The standard InChI is InChI=1S/C28H43NO12.Ac/c1-11-15(41-24(36)19(33)12(2)29-13(3)30)9-28(38)23(40-14(4)31)21-26(7,16(32)8-17-27(21,37)10-39-17)22(35)20(34)18(11)25(28,5)6;/h12,15-17,19-23,32-35,37-38H,8-10H2,1-7H3,(H,29,30);/t12-,15?,16-,17+,19+,20+,21-,22+,23-,26+,27-,28+;/m0./s1. The second-order valence-electron chi connectivity index (χ2n) is 13.0. The average Bonchev–Trinajstić information content (AvgIpc) is 2.85. The van der Waals surface area contributed by atoms with Gasteiger partial charge >= 0.3 is 11.9 Å². The molecule has 14 heteroatoms. The molecule has 0 spiro atoms. The maximum atomic E-state index is 13.0. The summed E-state index contributed by atoms with van der Waals surface area (Å²) < 4.78 is 17.0. The maximum absolute atomic E-state index is 13.0. The largest absolute Gasteiger partial charge is 0.459 e. The molecule has 0 aromatic rings. The molecular formula is C28H43AcNO12. The Morgan fingerprint density at radius 3 is 2.17 bits per heavy atom. The van der Waals surface area contributed by atoms with E-state index >= 15 is 0 Å². The van der Waals surface area contributed by atoms with Gasteiger partial charge in [0.05, 0.1) is 31.0 Å². The van der Waals surface area contributed by atoms with Gasteiger partial charge in [-0.3, -0.25) is 9.59 Å². The number of carbonyl (C=O) groups is 3. The summed E-state index contributed by atoms with van der Waals surface area (Å²) in [5.41, 5.74) is -6.60. The number of fused-ring (bicyclic) bond motifs is 5. The SMILES string of the molecule is CC(=O)N[C@@H](C)[C@@H](O)C(=O)OC1C[C@@]2(O)[C@@H](OC(C)=O)[C@@H]3[C@]4(O)CO[C@@H]4C[C@H](O)[C@@]3(C)[C@H](O)[C@H](O)C(=C1C)C2(C)C.[Ac]. The summed E-state index contributed by atoms with van der Waals surface area (Å²) in [5, 5.41) is 72.2. The van der Waals surface area contributed by atoms with Crippen molar-refractivity contribution in [3.05, 3.63) is 11.1 Å². The van der Waals surface area contributed by atoms with E-state index in [2.05, 4.69) is 5.32 Å². The van der Waals surface area contributed by atoms with Crippen molar-refractivity contribution in [1.29, 1.82) is 0 Å². The molecule has 1 radical (unpaired) electrons. The third-order valence-electron chi connectivity index (χ3n) is 10.3. The molecule has 2 saturated carbocycles. The number of carbonyl (C=O) groups excluding carboxylic acids is 3. The minimum Gasteiger partial charge on any atom is -0.459 e. The van der Waals surface area contributed by atoms with Crippen LogP contribution in [0.5, 0.6) is 0 Å². The number of hydrogen-bond donors (Lipinski definition) is 7. The summed E-state index contributed by atoms with van der Waals surface area (Å²) in [5.74, 6) is -3.72. The van der Waals surface area contributed by atoms with E-state index in [1.807, 2.05) is 0 Å². The third kappa shape index (κ3) is 5.20. The van der Waals surface area contributed by atoms with E-state index in [0.717, 1.165) is 6.92 Å². The number of hydrogen-bond acceptors (Lipinski definition) is 12. The zero-order chi connectivity index (χ0) is 31.0. The molecule has 1 amide bonds. The van der Waals surface area contributed by atoms with Crippen molar-refractivity contribution >= 4 is 17.8 Å². The fourth-order valence-electron chi connectivity index (χ4n) is 7.83. The van der Waals surface area contributed by atoms with Crippen LogP contribution < -0.4 is 5.32 Å². The summed E-state index contributed by atoms with van der Waals surface area (Å²) in [4.78, 5) is 36.9. The Labute approximate surface area is 280 Å². The van der Waals surface area contributed by atoms with Crippen LogP contribution in [0.1, 0.15) is 61.3 Å². The first-order valence-electron chi connectivity index (χ1n) is 13.9. The Balaban J connectivity index is 0.00000484. The summed E-state index contributed by atoms with van der Waals surface area (Å²) in [6.45, 7) is 9.73. The molecule has 42 heavy (non-hydrogen) atoms. The van der Waals surface area contributed by atoms with Crippen molar-refractivity contribution in [3.8, 4) is 0 Å². The second-order valence-corrected chi connectivity index (χ2v) is 13.0. The first-order chi connectivity index (χ1) is 18.7. The molecule has 4 aliphatic rings. The van der Waals surface area contributed by atoms with E-state index < -0.39 is 94.6 Å². The van der Waals surface area contributed by atoms with Gasteiger partial charge in [0.25, 0.3) is 0 Å². The quantitative estimate of drug-likeness (QED) is 0.124. The Hall–Kier alpha value is -0.688. The summed E-state index contributed by atoms with van der Waals surface area (Å²) in [7, 11) is 0. The molecule has 2 bridgehead atoms. The predicted octanol–water partition coefficient (Wildman–Crippen LogP) is -1.55. The Morgan fingerprint density at radius 1 is 1.07 bits per heavy atom. The van der Waals surface area contributed by atoms with E-state index in [1.165, 1.54) is 20.8 Å². The van der Waals surface area contributed by atoms with Gasteiger partial charge in [-0.05, 0) is 25.0 Å². The van der Waals surface area contributed by atoms with E-state index in [9.17, 15) is 45.0 Å². The second kappa shape index (κ2) is 11.9. The van der Waals surface area contributed by atoms with Gasteiger partial charge in [-0.2, -0.15) is 0 Å². The fourth-order valence-corrected chi connectivity index (χ4v) is 7.83. The molecule has 3 fully saturated rings. The molecule has 12 atom stereocenters. The minimum absolute atomic E-state index is 0. The number of ether oxygens (including phenoxy) is 3. The van der Waals surface area contributed by atoms with E-state index in [0.29, 0.717) is 0 Å². The van der Waals surface area contributed by atoms with Crippen molar-refractivity contribution in [2.24, 2.45) is 16.7 Å². The molecule has 0 aromatic carbocycles. The number of nitrogens with one attached hydrogen (secondary N) is 1. The first kappa shape index (κ1) is 35.8. The average molecular weight is 813 g/mol. The molecule has 235 valence electrons. The van der Waals surface area contributed by atoms with E-state index in [4.69, 9.17) is 14.2 Å². The molecule has 4 rings (SSSR count). The molecule has 1 heterocycles. The Bertz CT molecular complexity index is 1150. The van der Waals surface area contributed by atoms with Crippen molar-refractivity contribution in [3.63, 3.8) is 0 Å². The first-order valence-corrected chi connectivity index (χ1v) is 13.9. The normalized spacial score (nSPS) is 43.5. The smallest absolute Gasteiger partial charge is 0.337 e. The fraction of sp³-hybridized carbons (Fsp3) is 0.821. The number of amides is 1. The molecule has 3 aliphatic carbocycles. The van der Waals surface area contributed by atoms with E-state index in [-0.39, 0.29) is 74.7 Å². The summed E-state index contributed by atoms with van der Waals surface area (Å²) >= 11 is 0. The zero-order valence-corrected chi connectivity index (χ0v) is 29.8. The molecule has 1 unspecified atom stereocenters. The molecular weight excluding hydrogens is 769 g/mol. The molecule has 1 saturated heterocycles. The number of aliphatic hydroxyl groups is 6. The predicted molar refractivity (Wildman–Crippen MR) is 140 cm³/mol. The number of aliphatic hydroxyl groups excluding tert-OH is 4. The van der Waals surface area contributed by atoms with Crippen LogP contribution in [0.15, 0.2) is 11.1 Å². The van der Waals surface area contributed by atoms with Crippen LogP contribution in [-0.4, -0.2) is 115 Å². The van der Waals surface area contributed by atoms with Crippen LogP contribution in [0.3, 0.4) is 0 Å². The van der Waals surface area contributed by atoms with Gasteiger partial charge < -0.3 is 50.2 Å². The molecule has 13 nitrogen and oxygen atoms in total. The van der Waals surface area contributed by atoms with Crippen LogP contribution in [0.25, 0.3) is 0 Å². The van der Waals surface area contributed by atoms with Crippen molar-refractivity contribution in [2.45, 2.75) is 121 Å². The van der Waals surface area contributed by atoms with Crippen LogP contribution in [0.2, 0.25) is 0 Å². The van der Waals surface area contributed by atoms with Crippen molar-refractivity contribution < 1.29 is 103 Å². The van der Waals surface area contributed by atoms with Gasteiger partial charge in [-0.15, -0.1) is 0 Å². The maximum Gasteiger partial charge on any atom is 0.337 e. The summed E-state index contributed by atoms with van der Waals surface area (Å²) in [6, 6.07) is -1.00. The van der Waals surface area contributed by atoms with Crippen LogP contribution in [0.4, 0.5) is 0 Å². The van der Waals surface area contributed by atoms with Crippen molar-refractivity contribution in [2.75, 3.05) is 6.61 Å². The van der Waals surface area contributed by atoms with Gasteiger partial charge in [0.2, 0.25) is 5.91 Å². The number of esters is 2. The van der Waals surface area contributed by atoms with Gasteiger partial charge in [-0.25, -0.2) is 4.79 Å². The Kier molecular flexibility index (Phi) is 10.2. The van der Waals surface area contributed by atoms with Crippen LogP contribution in [-0.2, 0) is 28.6 Å². The molecule has 0 aromatic heterocycles. The van der Waals surface area contributed by atoms with E-state index in [1.54, 1.807) is 20.8 Å². The summed E-state index contributed by atoms with van der Waals surface area (Å²) in [6.07, 6.45) is -10.7. The van der Waals surface area contributed by atoms with Crippen LogP contribution >= 0.6 is 0 Å². The number of rotatable bonds is 5. The third-order valence-corrected chi connectivity index (χ3v) is 10.3. The zero-order valence-electron chi connectivity index (χ0n) is 25.0. The van der Waals surface area contributed by atoms with Gasteiger partial charge in [0.1, 0.15) is 29.5 Å². The molecule has 1 aliphatic heterocycles. The van der Waals surface area contributed by atoms with Gasteiger partial charge in [0, 0.05) is 87.5 Å². The Morgan fingerprint density at radius 2 is 1.67 bits per heavy atom. The van der Waals surface area contributed by atoms with Crippen LogP contribution in [0, 0.1) is 60.8 Å². The monoisotopic (exact) mass is 812 g/mol.